The topological polar surface area (TPSA) is 101 Å². The number of non-ortho nitro benzene ring substituents is 1. The molecule has 3 aromatic rings. The lowest BCUT2D eigenvalue weighted by Gasteiger charge is -2.04. The molecule has 10 heteroatoms. The van der Waals surface area contributed by atoms with E-state index in [9.17, 15) is 10.1 Å². The Labute approximate surface area is 163 Å². The molecule has 0 amide bonds. The summed E-state index contributed by atoms with van der Waals surface area (Å²) in [6.45, 7) is 0.490. The first-order valence-corrected chi connectivity index (χ1v) is 9.17. The number of nitrogens with zero attached hydrogens (tertiary/aromatic N) is 3. The molecule has 8 nitrogen and oxygen atoms in total. The van der Waals surface area contributed by atoms with Gasteiger partial charge in [0, 0.05) is 16.8 Å². The molecule has 0 saturated carbocycles. The Bertz CT molecular complexity index is 904. The van der Waals surface area contributed by atoms with Crippen molar-refractivity contribution in [3.05, 3.63) is 69.6 Å². The Balaban J connectivity index is 1.41. The summed E-state index contributed by atoms with van der Waals surface area (Å²) in [5.74, 6) is 1.99. The predicted octanol–water partition coefficient (Wildman–Crippen LogP) is 4.38. The van der Waals surface area contributed by atoms with Gasteiger partial charge in [-0.2, -0.15) is 0 Å². The highest BCUT2D eigenvalue weighted by Gasteiger charge is 2.09. The van der Waals surface area contributed by atoms with Gasteiger partial charge in [-0.25, -0.2) is 0 Å². The Kier molecular flexibility index (Phi) is 6.50. The summed E-state index contributed by atoms with van der Waals surface area (Å²) in [4.78, 5) is 10.3. The molecule has 0 saturated heterocycles. The number of nitro groups is 1. The van der Waals surface area contributed by atoms with Gasteiger partial charge in [0.15, 0.2) is 6.61 Å². The first kappa shape index (κ1) is 19.0. The van der Waals surface area contributed by atoms with Crippen LogP contribution in [0.3, 0.4) is 0 Å². The fraction of sp³-hybridized carbons (Fsp3) is 0.176. The van der Waals surface area contributed by atoms with E-state index in [-0.39, 0.29) is 12.3 Å². The second-order valence-electron chi connectivity index (χ2n) is 5.16. The maximum atomic E-state index is 10.7. The van der Waals surface area contributed by atoms with Gasteiger partial charge in [-0.05, 0) is 30.3 Å². The molecule has 0 unspecified atom stereocenters. The molecular weight excluding hydrogens is 394 g/mol. The molecule has 0 atom stereocenters. The molecule has 2 aromatic carbocycles. The molecule has 1 aromatic heterocycles. The van der Waals surface area contributed by atoms with Gasteiger partial charge < -0.3 is 13.9 Å². The second-order valence-corrected chi connectivity index (χ2v) is 6.64. The van der Waals surface area contributed by atoms with E-state index in [1.54, 1.807) is 36.4 Å². The summed E-state index contributed by atoms with van der Waals surface area (Å²) in [6, 6.07) is 13.0. The molecule has 0 aliphatic carbocycles. The standard InChI is InChI=1S/C17H14ClN3O5S/c18-12-4-6-14(7-5-12)25-11-16-19-20-17(26-16)27-9-8-24-15-3-1-2-13(10-15)21(22)23/h1-7,10H,8-9,11H2. The van der Waals surface area contributed by atoms with Crippen LogP contribution < -0.4 is 9.47 Å². The van der Waals surface area contributed by atoms with Gasteiger partial charge in [0.05, 0.1) is 17.6 Å². The maximum absolute atomic E-state index is 10.7. The normalized spacial score (nSPS) is 10.6. The molecule has 0 N–H and O–H groups in total. The lowest BCUT2D eigenvalue weighted by Crippen LogP contribution is -2.00. The third-order valence-electron chi connectivity index (χ3n) is 3.23. The van der Waals surface area contributed by atoms with Crippen molar-refractivity contribution in [3.8, 4) is 11.5 Å². The van der Waals surface area contributed by atoms with E-state index >= 15 is 0 Å². The van der Waals surface area contributed by atoms with Gasteiger partial charge in [-0.3, -0.25) is 10.1 Å². The van der Waals surface area contributed by atoms with Crippen molar-refractivity contribution in [2.45, 2.75) is 11.8 Å². The van der Waals surface area contributed by atoms with Crippen LogP contribution in [0.15, 0.2) is 58.2 Å². The highest BCUT2D eigenvalue weighted by molar-refractivity contribution is 7.99. The number of nitro benzene ring substituents is 1. The first-order valence-electron chi connectivity index (χ1n) is 7.81. The third kappa shape index (κ3) is 5.87. The zero-order valence-corrected chi connectivity index (χ0v) is 15.5. The predicted molar refractivity (Wildman–Crippen MR) is 99.4 cm³/mol. The molecule has 0 bridgehead atoms. The largest absolute Gasteiger partial charge is 0.492 e. The summed E-state index contributed by atoms with van der Waals surface area (Å²) >= 11 is 7.14. The van der Waals surface area contributed by atoms with Gasteiger partial charge >= 0.3 is 0 Å². The minimum Gasteiger partial charge on any atom is -0.492 e. The van der Waals surface area contributed by atoms with Gasteiger partial charge in [0.2, 0.25) is 0 Å². The van der Waals surface area contributed by atoms with Gasteiger partial charge in [-0.1, -0.05) is 29.4 Å². The minimum atomic E-state index is -0.465. The van der Waals surface area contributed by atoms with Gasteiger partial charge in [0.1, 0.15) is 11.5 Å². The molecule has 0 aliphatic rings. The number of halogens is 1. The number of benzene rings is 2. The SMILES string of the molecule is O=[N+]([O-])c1cccc(OCCSc2nnc(COc3ccc(Cl)cc3)o2)c1. The van der Waals surface area contributed by atoms with Crippen molar-refractivity contribution < 1.29 is 18.8 Å². The lowest BCUT2D eigenvalue weighted by molar-refractivity contribution is -0.384. The van der Waals surface area contributed by atoms with E-state index in [0.717, 1.165) is 0 Å². The molecular formula is C17H14ClN3O5S. The number of ether oxygens (including phenoxy) is 2. The summed E-state index contributed by atoms with van der Waals surface area (Å²) in [6.07, 6.45) is 0. The van der Waals surface area contributed by atoms with Crippen LogP contribution in [0, 0.1) is 10.1 Å². The van der Waals surface area contributed by atoms with Crippen LogP contribution in [0.25, 0.3) is 0 Å². The first-order chi connectivity index (χ1) is 13.1. The second kappa shape index (κ2) is 9.24. The Morgan fingerprint density at radius 3 is 2.70 bits per heavy atom. The summed E-state index contributed by atoms with van der Waals surface area (Å²) < 4.78 is 16.5. The zero-order valence-electron chi connectivity index (χ0n) is 13.9. The van der Waals surface area contributed by atoms with Crippen LogP contribution in [-0.2, 0) is 6.61 Å². The van der Waals surface area contributed by atoms with Crippen molar-refractivity contribution in [1.82, 2.24) is 10.2 Å². The van der Waals surface area contributed by atoms with Crippen LogP contribution in [-0.4, -0.2) is 27.5 Å². The van der Waals surface area contributed by atoms with Crippen LogP contribution in [0.4, 0.5) is 5.69 Å². The van der Waals surface area contributed by atoms with E-state index in [4.69, 9.17) is 25.5 Å². The molecule has 0 radical (unpaired) electrons. The fourth-order valence-corrected chi connectivity index (χ4v) is 2.73. The molecule has 140 valence electrons. The number of rotatable bonds is 9. The highest BCUT2D eigenvalue weighted by atomic mass is 35.5. The summed E-state index contributed by atoms with van der Waals surface area (Å²) in [7, 11) is 0. The molecule has 3 rings (SSSR count). The average Bonchev–Trinajstić information content (AvgIpc) is 3.13. The van der Waals surface area contributed by atoms with Gasteiger partial charge in [-0.15, -0.1) is 10.2 Å². The van der Waals surface area contributed by atoms with Crippen LogP contribution in [0.1, 0.15) is 5.89 Å². The number of thioether (sulfide) groups is 1. The molecule has 0 fully saturated rings. The van der Waals surface area contributed by atoms with E-state index in [2.05, 4.69) is 10.2 Å². The number of hydrogen-bond acceptors (Lipinski definition) is 8. The van der Waals surface area contributed by atoms with E-state index < -0.39 is 4.92 Å². The third-order valence-corrected chi connectivity index (χ3v) is 4.26. The van der Waals surface area contributed by atoms with E-state index in [1.807, 2.05) is 0 Å². The Morgan fingerprint density at radius 2 is 1.93 bits per heavy atom. The maximum Gasteiger partial charge on any atom is 0.276 e. The van der Waals surface area contributed by atoms with Crippen LogP contribution in [0.2, 0.25) is 5.02 Å². The van der Waals surface area contributed by atoms with E-state index in [1.165, 1.54) is 23.9 Å². The molecule has 27 heavy (non-hydrogen) atoms. The molecule has 0 spiro atoms. The van der Waals surface area contributed by atoms with Crippen molar-refractivity contribution in [2.24, 2.45) is 0 Å². The molecule has 1 heterocycles. The minimum absolute atomic E-state index is 0.0117. The Hall–Kier alpha value is -2.78. The molecule has 0 aliphatic heterocycles. The monoisotopic (exact) mass is 407 g/mol. The van der Waals surface area contributed by atoms with Gasteiger partial charge in [0.25, 0.3) is 16.8 Å². The zero-order chi connectivity index (χ0) is 19.1. The Morgan fingerprint density at radius 1 is 1.11 bits per heavy atom. The lowest BCUT2D eigenvalue weighted by atomic mass is 10.3. The van der Waals surface area contributed by atoms with E-state index in [0.29, 0.717) is 40.0 Å². The average molecular weight is 408 g/mol. The van der Waals surface area contributed by atoms with Crippen molar-refractivity contribution in [2.75, 3.05) is 12.4 Å². The van der Waals surface area contributed by atoms with Crippen LogP contribution >= 0.6 is 23.4 Å². The smallest absolute Gasteiger partial charge is 0.276 e. The van der Waals surface area contributed by atoms with Crippen molar-refractivity contribution in [3.63, 3.8) is 0 Å². The summed E-state index contributed by atoms with van der Waals surface area (Å²) in [5, 5.41) is 19.6. The van der Waals surface area contributed by atoms with Crippen LogP contribution in [0.5, 0.6) is 11.5 Å². The fourth-order valence-electron chi connectivity index (χ4n) is 2.01. The summed E-state index contributed by atoms with van der Waals surface area (Å²) in [5.41, 5.74) is -0.0117. The number of hydrogen-bond donors (Lipinski definition) is 0. The van der Waals surface area contributed by atoms with Crippen molar-refractivity contribution >= 4 is 29.1 Å². The quantitative estimate of drug-likeness (QED) is 0.223. The number of aromatic nitrogens is 2. The van der Waals surface area contributed by atoms with Crippen molar-refractivity contribution in [1.29, 1.82) is 0 Å². The highest BCUT2D eigenvalue weighted by Crippen LogP contribution is 2.21.